The highest BCUT2D eigenvalue weighted by Crippen LogP contribution is 2.26. The van der Waals surface area contributed by atoms with Crippen LogP contribution in [-0.4, -0.2) is 9.97 Å². The molecule has 0 saturated heterocycles. The van der Waals surface area contributed by atoms with E-state index in [0.717, 1.165) is 11.4 Å². The summed E-state index contributed by atoms with van der Waals surface area (Å²) < 4.78 is 0. The number of aromatic nitrogens is 2. The number of nitrogens with one attached hydrogen (secondary N) is 2. The monoisotopic (exact) mass is 364 g/mol. The van der Waals surface area contributed by atoms with Gasteiger partial charge in [-0.2, -0.15) is 4.98 Å². The van der Waals surface area contributed by atoms with Gasteiger partial charge in [0, 0.05) is 21.9 Å². The predicted octanol–water partition coefficient (Wildman–Crippen LogP) is 5.92. The van der Waals surface area contributed by atoms with E-state index in [1.165, 1.54) is 0 Å². The van der Waals surface area contributed by atoms with Crippen LogP contribution in [0.2, 0.25) is 15.1 Å². The summed E-state index contributed by atoms with van der Waals surface area (Å²) in [6, 6.07) is 14.3. The first-order chi connectivity index (χ1) is 11.1. The summed E-state index contributed by atoms with van der Waals surface area (Å²) in [6.07, 6.45) is 1.64. The fourth-order valence-electron chi connectivity index (χ4n) is 1.95. The van der Waals surface area contributed by atoms with Crippen LogP contribution in [0.5, 0.6) is 0 Å². The molecular weight excluding hydrogens is 355 g/mol. The molecule has 0 spiro atoms. The molecule has 0 saturated carbocycles. The molecule has 3 aromatic rings. The summed E-state index contributed by atoms with van der Waals surface area (Å²) in [6.45, 7) is 0. The lowest BCUT2D eigenvalue weighted by Crippen LogP contribution is -2.00. The zero-order valence-electron chi connectivity index (χ0n) is 11.7. The Balaban J connectivity index is 1.81. The van der Waals surface area contributed by atoms with E-state index in [2.05, 4.69) is 20.6 Å². The van der Waals surface area contributed by atoms with Crippen molar-refractivity contribution in [2.45, 2.75) is 0 Å². The molecule has 0 bridgehead atoms. The Kier molecular flexibility index (Phi) is 4.86. The van der Waals surface area contributed by atoms with E-state index in [1.54, 1.807) is 36.5 Å². The summed E-state index contributed by atoms with van der Waals surface area (Å²) in [4.78, 5) is 8.57. The van der Waals surface area contributed by atoms with Crippen LogP contribution in [0, 0.1) is 0 Å². The van der Waals surface area contributed by atoms with E-state index < -0.39 is 0 Å². The molecular formula is C16H11Cl3N4. The number of halogens is 3. The number of hydrogen-bond acceptors (Lipinski definition) is 4. The molecule has 0 unspecified atom stereocenters. The molecule has 0 amide bonds. The van der Waals surface area contributed by atoms with E-state index in [-0.39, 0.29) is 0 Å². The van der Waals surface area contributed by atoms with Crippen molar-refractivity contribution >= 4 is 57.9 Å². The number of para-hydroxylation sites is 1. The molecule has 0 aliphatic carbocycles. The quantitative estimate of drug-likeness (QED) is 0.602. The van der Waals surface area contributed by atoms with Crippen LogP contribution in [0.25, 0.3) is 0 Å². The summed E-state index contributed by atoms with van der Waals surface area (Å²) in [5, 5.41) is 7.89. The third-order valence-corrected chi connectivity index (χ3v) is 3.68. The van der Waals surface area contributed by atoms with Crippen LogP contribution in [-0.2, 0) is 0 Å². The first-order valence-electron chi connectivity index (χ1n) is 6.68. The fourth-order valence-corrected chi connectivity index (χ4v) is 2.65. The highest BCUT2D eigenvalue weighted by atomic mass is 35.5. The zero-order chi connectivity index (χ0) is 16.2. The number of rotatable bonds is 4. The molecule has 0 radical (unpaired) electrons. The van der Waals surface area contributed by atoms with Crippen molar-refractivity contribution in [3.8, 4) is 0 Å². The van der Waals surface area contributed by atoms with Crippen LogP contribution in [0.1, 0.15) is 0 Å². The normalized spacial score (nSPS) is 10.4. The first-order valence-corrected chi connectivity index (χ1v) is 7.81. The molecule has 0 aliphatic rings. The van der Waals surface area contributed by atoms with Crippen LogP contribution in [0.3, 0.4) is 0 Å². The molecule has 2 N–H and O–H groups in total. The van der Waals surface area contributed by atoms with Gasteiger partial charge in [-0.1, -0.05) is 46.9 Å². The maximum Gasteiger partial charge on any atom is 0.229 e. The SMILES string of the molecule is Clc1cc(Cl)cc(Nc2ccnc(Nc3ccccc3Cl)n2)c1. The zero-order valence-corrected chi connectivity index (χ0v) is 14.0. The Hall–Kier alpha value is -2.01. The number of hydrogen-bond donors (Lipinski definition) is 2. The van der Waals surface area contributed by atoms with Gasteiger partial charge in [0.25, 0.3) is 0 Å². The Labute approximate surface area is 148 Å². The molecule has 23 heavy (non-hydrogen) atoms. The molecule has 2 aromatic carbocycles. The van der Waals surface area contributed by atoms with E-state index >= 15 is 0 Å². The van der Waals surface area contributed by atoms with E-state index in [0.29, 0.717) is 26.8 Å². The Bertz CT molecular complexity index is 819. The maximum atomic E-state index is 6.12. The summed E-state index contributed by atoms with van der Waals surface area (Å²) in [7, 11) is 0. The molecule has 1 aromatic heterocycles. The van der Waals surface area contributed by atoms with E-state index in [4.69, 9.17) is 34.8 Å². The standard InChI is InChI=1S/C16H11Cl3N4/c17-10-7-11(18)9-12(8-10)21-15-5-6-20-16(23-15)22-14-4-2-1-3-13(14)19/h1-9H,(H2,20,21,22,23). The lowest BCUT2D eigenvalue weighted by molar-refractivity contribution is 1.17. The topological polar surface area (TPSA) is 49.8 Å². The molecule has 116 valence electrons. The summed E-state index contributed by atoms with van der Waals surface area (Å²) >= 11 is 18.1. The van der Waals surface area contributed by atoms with Crippen LogP contribution >= 0.6 is 34.8 Å². The van der Waals surface area contributed by atoms with Crippen molar-refractivity contribution in [2.24, 2.45) is 0 Å². The summed E-state index contributed by atoms with van der Waals surface area (Å²) in [5.74, 6) is 1.03. The van der Waals surface area contributed by atoms with Crippen LogP contribution in [0.15, 0.2) is 54.7 Å². The van der Waals surface area contributed by atoms with Gasteiger partial charge in [-0.15, -0.1) is 0 Å². The average Bonchev–Trinajstić information content (AvgIpc) is 2.49. The Morgan fingerprint density at radius 3 is 2.30 bits per heavy atom. The number of nitrogens with zero attached hydrogens (tertiary/aromatic N) is 2. The van der Waals surface area contributed by atoms with Crippen molar-refractivity contribution in [3.63, 3.8) is 0 Å². The van der Waals surface area contributed by atoms with Crippen molar-refractivity contribution in [1.29, 1.82) is 0 Å². The van der Waals surface area contributed by atoms with E-state index in [9.17, 15) is 0 Å². The largest absolute Gasteiger partial charge is 0.340 e. The minimum Gasteiger partial charge on any atom is -0.340 e. The Morgan fingerprint density at radius 2 is 1.57 bits per heavy atom. The van der Waals surface area contributed by atoms with Crippen molar-refractivity contribution in [2.75, 3.05) is 10.6 Å². The van der Waals surface area contributed by atoms with Gasteiger partial charge in [0.1, 0.15) is 5.82 Å². The third-order valence-electron chi connectivity index (χ3n) is 2.91. The van der Waals surface area contributed by atoms with Crippen LogP contribution < -0.4 is 10.6 Å². The summed E-state index contributed by atoms with van der Waals surface area (Å²) in [5.41, 5.74) is 1.47. The highest BCUT2D eigenvalue weighted by Gasteiger charge is 2.04. The van der Waals surface area contributed by atoms with Gasteiger partial charge in [-0.3, -0.25) is 0 Å². The second kappa shape index (κ2) is 7.04. The number of anilines is 4. The minimum atomic E-state index is 0.427. The first kappa shape index (κ1) is 15.9. The fraction of sp³-hybridized carbons (Fsp3) is 0. The Morgan fingerprint density at radius 1 is 0.826 bits per heavy atom. The van der Waals surface area contributed by atoms with Crippen molar-refractivity contribution < 1.29 is 0 Å². The third kappa shape index (κ3) is 4.26. The molecule has 7 heteroatoms. The average molecular weight is 366 g/mol. The van der Waals surface area contributed by atoms with Gasteiger partial charge in [0.15, 0.2) is 0 Å². The van der Waals surface area contributed by atoms with Crippen molar-refractivity contribution in [1.82, 2.24) is 9.97 Å². The van der Waals surface area contributed by atoms with Gasteiger partial charge in [-0.25, -0.2) is 4.98 Å². The predicted molar refractivity (Wildman–Crippen MR) is 96.5 cm³/mol. The smallest absolute Gasteiger partial charge is 0.229 e. The second-order valence-corrected chi connectivity index (χ2v) is 5.93. The second-order valence-electron chi connectivity index (χ2n) is 4.65. The van der Waals surface area contributed by atoms with Gasteiger partial charge >= 0.3 is 0 Å². The highest BCUT2D eigenvalue weighted by molar-refractivity contribution is 6.35. The number of benzene rings is 2. The van der Waals surface area contributed by atoms with E-state index in [1.807, 2.05) is 18.2 Å². The van der Waals surface area contributed by atoms with Gasteiger partial charge in [0.05, 0.1) is 10.7 Å². The minimum absolute atomic E-state index is 0.427. The van der Waals surface area contributed by atoms with Gasteiger partial charge in [-0.05, 0) is 36.4 Å². The van der Waals surface area contributed by atoms with Gasteiger partial charge < -0.3 is 10.6 Å². The van der Waals surface area contributed by atoms with Gasteiger partial charge in [0.2, 0.25) is 5.95 Å². The molecule has 0 fully saturated rings. The van der Waals surface area contributed by atoms with Crippen LogP contribution in [0.4, 0.5) is 23.1 Å². The lowest BCUT2D eigenvalue weighted by Gasteiger charge is -2.10. The molecule has 3 rings (SSSR count). The van der Waals surface area contributed by atoms with Crippen molar-refractivity contribution in [3.05, 3.63) is 69.8 Å². The molecule has 0 aliphatic heterocycles. The molecule has 4 nitrogen and oxygen atoms in total. The molecule has 1 heterocycles. The maximum absolute atomic E-state index is 6.12. The molecule has 0 atom stereocenters. The lowest BCUT2D eigenvalue weighted by atomic mass is 10.3.